The van der Waals surface area contributed by atoms with Crippen molar-refractivity contribution >= 4 is 23.3 Å². The maximum Gasteiger partial charge on any atom is 0.433 e. The Kier molecular flexibility index (Phi) is 3.82. The second-order valence-electron chi connectivity index (χ2n) is 4.25. The fourth-order valence-electron chi connectivity index (χ4n) is 1.65. The molecule has 3 aromatic heterocycles. The van der Waals surface area contributed by atoms with Crippen LogP contribution in [0.25, 0.3) is 10.8 Å². The number of carbonyl (C=O) groups excluding carboxylic acids is 1. The van der Waals surface area contributed by atoms with Crippen LogP contribution >= 0.6 is 11.3 Å². The molecule has 1 amide bonds. The van der Waals surface area contributed by atoms with E-state index in [-0.39, 0.29) is 11.9 Å². The van der Waals surface area contributed by atoms with Crippen molar-refractivity contribution in [2.45, 2.75) is 6.18 Å². The molecule has 3 rings (SSSR count). The Labute approximate surface area is 131 Å². The number of rotatable bonds is 3. The Morgan fingerprint density at radius 3 is 2.70 bits per heavy atom. The zero-order valence-corrected chi connectivity index (χ0v) is 12.0. The second-order valence-corrected chi connectivity index (χ2v) is 5.20. The zero-order chi connectivity index (χ0) is 16.4. The minimum Gasteiger partial charge on any atom is -0.402 e. The lowest BCUT2D eigenvalue weighted by atomic mass is 10.3. The van der Waals surface area contributed by atoms with Crippen LogP contribution in [0, 0.1) is 0 Å². The van der Waals surface area contributed by atoms with Gasteiger partial charge in [0.15, 0.2) is 0 Å². The fourth-order valence-corrected chi connectivity index (χ4v) is 2.30. The largest absolute Gasteiger partial charge is 0.433 e. The molecule has 10 heteroatoms. The number of pyridine rings is 1. The minimum atomic E-state index is -4.63. The van der Waals surface area contributed by atoms with Gasteiger partial charge < -0.3 is 4.42 Å². The number of aromatic nitrogens is 3. The summed E-state index contributed by atoms with van der Waals surface area (Å²) in [6, 6.07) is 6.33. The van der Waals surface area contributed by atoms with E-state index in [2.05, 4.69) is 20.5 Å². The van der Waals surface area contributed by atoms with Crippen molar-refractivity contribution in [2.75, 3.05) is 5.32 Å². The van der Waals surface area contributed by atoms with E-state index in [0.29, 0.717) is 4.88 Å². The van der Waals surface area contributed by atoms with E-state index in [9.17, 15) is 18.0 Å². The summed E-state index contributed by atoms with van der Waals surface area (Å²) in [5.74, 6) is -0.676. The first-order chi connectivity index (χ1) is 10.9. The first kappa shape index (κ1) is 15.2. The Morgan fingerprint density at radius 2 is 2.00 bits per heavy atom. The van der Waals surface area contributed by atoms with E-state index < -0.39 is 23.5 Å². The third-order valence-electron chi connectivity index (χ3n) is 2.65. The molecule has 0 fully saturated rings. The molecule has 0 bridgehead atoms. The highest BCUT2D eigenvalue weighted by molar-refractivity contribution is 7.13. The number of hydrogen-bond donors (Lipinski definition) is 1. The van der Waals surface area contributed by atoms with Crippen LogP contribution in [0.4, 0.5) is 19.2 Å². The van der Waals surface area contributed by atoms with E-state index in [0.717, 1.165) is 18.2 Å². The average molecular weight is 340 g/mol. The number of nitrogens with zero attached hydrogens (tertiary/aromatic N) is 3. The van der Waals surface area contributed by atoms with Crippen LogP contribution in [0.3, 0.4) is 0 Å². The Balaban J connectivity index is 1.77. The van der Waals surface area contributed by atoms with Crippen molar-refractivity contribution in [3.05, 3.63) is 47.1 Å². The van der Waals surface area contributed by atoms with Crippen LogP contribution in [-0.2, 0) is 6.18 Å². The van der Waals surface area contributed by atoms with Crippen molar-refractivity contribution in [2.24, 2.45) is 0 Å². The molecule has 6 nitrogen and oxygen atoms in total. The van der Waals surface area contributed by atoms with Gasteiger partial charge in [-0.1, -0.05) is 17.2 Å². The molecule has 0 unspecified atom stereocenters. The van der Waals surface area contributed by atoms with Gasteiger partial charge in [0.1, 0.15) is 11.4 Å². The normalized spacial score (nSPS) is 11.4. The summed E-state index contributed by atoms with van der Waals surface area (Å²) >= 11 is 1.36. The summed E-state index contributed by atoms with van der Waals surface area (Å²) in [7, 11) is 0. The molecular weight excluding hydrogens is 333 g/mol. The summed E-state index contributed by atoms with van der Waals surface area (Å²) in [5.41, 5.74) is -1.56. The Morgan fingerprint density at radius 1 is 1.17 bits per heavy atom. The molecule has 0 aliphatic heterocycles. The number of carbonyl (C=O) groups is 1. The SMILES string of the molecule is O=C(Nc1nnc(-c2cccs2)o1)c1cccc(C(F)(F)F)n1. The summed E-state index contributed by atoms with van der Waals surface area (Å²) in [5, 5.41) is 11.4. The highest BCUT2D eigenvalue weighted by Gasteiger charge is 2.33. The first-order valence-corrected chi connectivity index (χ1v) is 7.04. The van der Waals surface area contributed by atoms with Crippen molar-refractivity contribution in [1.82, 2.24) is 15.2 Å². The van der Waals surface area contributed by atoms with Gasteiger partial charge in [0.25, 0.3) is 11.8 Å². The maximum absolute atomic E-state index is 12.6. The average Bonchev–Trinajstić information content (AvgIpc) is 3.17. The molecule has 3 aromatic rings. The first-order valence-electron chi connectivity index (χ1n) is 6.16. The number of amides is 1. The van der Waals surface area contributed by atoms with E-state index >= 15 is 0 Å². The van der Waals surface area contributed by atoms with Gasteiger partial charge in [0, 0.05) is 0 Å². The van der Waals surface area contributed by atoms with Gasteiger partial charge in [-0.3, -0.25) is 10.1 Å². The number of hydrogen-bond acceptors (Lipinski definition) is 6. The lowest BCUT2D eigenvalue weighted by Crippen LogP contribution is -2.17. The third-order valence-corrected chi connectivity index (χ3v) is 3.51. The lowest BCUT2D eigenvalue weighted by Gasteiger charge is -2.06. The molecule has 0 aliphatic carbocycles. The van der Waals surface area contributed by atoms with Crippen molar-refractivity contribution in [1.29, 1.82) is 0 Å². The maximum atomic E-state index is 12.6. The molecule has 0 radical (unpaired) electrons. The molecule has 0 aliphatic rings. The number of anilines is 1. The van der Waals surface area contributed by atoms with Gasteiger partial charge in [-0.15, -0.1) is 16.4 Å². The number of alkyl halides is 3. The van der Waals surface area contributed by atoms with Crippen molar-refractivity contribution in [3.8, 4) is 10.8 Å². The molecule has 0 aromatic carbocycles. The van der Waals surface area contributed by atoms with E-state index in [4.69, 9.17) is 4.42 Å². The van der Waals surface area contributed by atoms with Gasteiger partial charge in [0.05, 0.1) is 4.88 Å². The van der Waals surface area contributed by atoms with Crippen LogP contribution < -0.4 is 5.32 Å². The predicted octanol–water partition coefficient (Wildman–Crippen LogP) is 3.46. The van der Waals surface area contributed by atoms with Crippen LogP contribution in [0.5, 0.6) is 0 Å². The molecule has 0 atom stereocenters. The van der Waals surface area contributed by atoms with E-state index in [1.54, 1.807) is 12.1 Å². The molecule has 23 heavy (non-hydrogen) atoms. The third kappa shape index (κ3) is 3.37. The monoisotopic (exact) mass is 340 g/mol. The van der Waals surface area contributed by atoms with Gasteiger partial charge in [-0.05, 0) is 23.6 Å². The fraction of sp³-hybridized carbons (Fsp3) is 0.0769. The summed E-state index contributed by atoms with van der Waals surface area (Å²) in [4.78, 5) is 15.9. The van der Waals surface area contributed by atoms with Crippen molar-refractivity contribution < 1.29 is 22.4 Å². The van der Waals surface area contributed by atoms with Crippen LogP contribution in [0.15, 0.2) is 40.1 Å². The van der Waals surface area contributed by atoms with Gasteiger partial charge >= 0.3 is 12.2 Å². The van der Waals surface area contributed by atoms with Crippen molar-refractivity contribution in [3.63, 3.8) is 0 Å². The number of thiophene rings is 1. The molecule has 0 saturated carbocycles. The van der Waals surface area contributed by atoms with Crippen LogP contribution in [0.2, 0.25) is 0 Å². The van der Waals surface area contributed by atoms with Crippen LogP contribution in [-0.4, -0.2) is 21.1 Å². The van der Waals surface area contributed by atoms with Gasteiger partial charge in [0.2, 0.25) is 0 Å². The lowest BCUT2D eigenvalue weighted by molar-refractivity contribution is -0.141. The quantitative estimate of drug-likeness (QED) is 0.790. The number of halogens is 3. The zero-order valence-electron chi connectivity index (χ0n) is 11.2. The summed E-state index contributed by atoms with van der Waals surface area (Å²) in [6.07, 6.45) is -4.63. The van der Waals surface area contributed by atoms with E-state index in [1.165, 1.54) is 11.3 Å². The molecule has 1 N–H and O–H groups in total. The highest BCUT2D eigenvalue weighted by atomic mass is 32.1. The predicted molar refractivity (Wildman–Crippen MR) is 74.8 cm³/mol. The van der Waals surface area contributed by atoms with E-state index in [1.807, 2.05) is 5.38 Å². The summed E-state index contributed by atoms with van der Waals surface area (Å²) < 4.78 is 43.0. The molecule has 118 valence electrons. The molecule has 0 saturated heterocycles. The summed E-state index contributed by atoms with van der Waals surface area (Å²) in [6.45, 7) is 0. The van der Waals surface area contributed by atoms with Gasteiger partial charge in [-0.2, -0.15) is 13.2 Å². The minimum absolute atomic E-state index is 0.201. The molecule has 3 heterocycles. The standard InChI is InChI=1S/C13H7F3N4O2S/c14-13(15,16)9-5-1-3-7(17-9)10(21)18-12-20-19-11(22-12)8-4-2-6-23-8/h1-6H,(H,18,20,21). The smallest absolute Gasteiger partial charge is 0.402 e. The van der Waals surface area contributed by atoms with Crippen LogP contribution in [0.1, 0.15) is 16.2 Å². The molecule has 0 spiro atoms. The number of nitrogens with one attached hydrogen (secondary N) is 1. The topological polar surface area (TPSA) is 80.9 Å². The Hall–Kier alpha value is -2.75. The molecular formula is C13H7F3N4O2S. The Bertz CT molecular complexity index is 830. The second kappa shape index (κ2) is 5.80. The highest BCUT2D eigenvalue weighted by Crippen LogP contribution is 2.28. The van der Waals surface area contributed by atoms with Gasteiger partial charge in [-0.25, -0.2) is 4.98 Å².